The van der Waals surface area contributed by atoms with Crippen molar-refractivity contribution in [2.45, 2.75) is 26.4 Å². The summed E-state index contributed by atoms with van der Waals surface area (Å²) in [5.41, 5.74) is 2.64. The van der Waals surface area contributed by atoms with Gasteiger partial charge in [0.25, 0.3) is 5.56 Å². The molecule has 2 aromatic heterocycles. The summed E-state index contributed by atoms with van der Waals surface area (Å²) in [6, 6.07) is 17.0. The Hall–Kier alpha value is -2.96. The molecule has 0 radical (unpaired) electrons. The van der Waals surface area contributed by atoms with Crippen molar-refractivity contribution < 1.29 is 4.79 Å². The fourth-order valence-electron chi connectivity index (χ4n) is 3.44. The highest BCUT2D eigenvalue weighted by Gasteiger charge is 2.17. The van der Waals surface area contributed by atoms with E-state index in [1.807, 2.05) is 62.4 Å². The number of nitrogens with zero attached hydrogens (tertiary/aromatic N) is 2. The third-order valence-corrected chi connectivity index (χ3v) is 6.48. The van der Waals surface area contributed by atoms with Crippen LogP contribution in [0.4, 0.5) is 0 Å². The Kier molecular flexibility index (Phi) is 5.70. The third kappa shape index (κ3) is 4.01. The molecule has 4 rings (SSSR count). The monoisotopic (exact) mass is 437 g/mol. The minimum atomic E-state index is -0.262. The van der Waals surface area contributed by atoms with Crippen LogP contribution in [0.25, 0.3) is 20.7 Å². The summed E-state index contributed by atoms with van der Waals surface area (Å²) in [4.78, 5) is 31.8. The van der Waals surface area contributed by atoms with Gasteiger partial charge < -0.3 is 5.32 Å². The molecule has 5 nitrogen and oxygen atoms in total. The summed E-state index contributed by atoms with van der Waals surface area (Å²) >= 11 is 7.52. The van der Waals surface area contributed by atoms with E-state index in [0.717, 1.165) is 21.6 Å². The van der Waals surface area contributed by atoms with Crippen LogP contribution in [0.2, 0.25) is 5.02 Å². The minimum absolute atomic E-state index is 0.0946. The number of nitrogens with one attached hydrogen (secondary N) is 1. The summed E-state index contributed by atoms with van der Waals surface area (Å²) < 4.78 is 1.36. The van der Waals surface area contributed by atoms with E-state index in [1.165, 1.54) is 22.2 Å². The van der Waals surface area contributed by atoms with Gasteiger partial charge in [-0.3, -0.25) is 14.2 Å². The van der Waals surface area contributed by atoms with Crippen molar-refractivity contribution >= 4 is 39.1 Å². The molecule has 2 heterocycles. The van der Waals surface area contributed by atoms with Crippen LogP contribution in [0.3, 0.4) is 0 Å². The van der Waals surface area contributed by atoms with Crippen molar-refractivity contribution in [1.82, 2.24) is 14.9 Å². The highest BCUT2D eigenvalue weighted by Crippen LogP contribution is 2.35. The molecule has 2 aromatic carbocycles. The van der Waals surface area contributed by atoms with Crippen molar-refractivity contribution in [3.63, 3.8) is 0 Å². The SMILES string of the molecule is Cc1c(-c2ccccc2)sc2ncn(CC(=O)N[C@H](C)c3cccc(Cl)c3)c(=O)c12. The molecule has 0 bridgehead atoms. The second-order valence-electron chi connectivity index (χ2n) is 7.12. The van der Waals surface area contributed by atoms with Gasteiger partial charge in [0, 0.05) is 9.90 Å². The van der Waals surface area contributed by atoms with Crippen molar-refractivity contribution in [3.05, 3.63) is 87.4 Å². The van der Waals surface area contributed by atoms with Gasteiger partial charge in [-0.2, -0.15) is 0 Å². The quantitative estimate of drug-likeness (QED) is 0.479. The second kappa shape index (κ2) is 8.42. The van der Waals surface area contributed by atoms with Crippen molar-refractivity contribution in [3.8, 4) is 10.4 Å². The number of benzene rings is 2. The van der Waals surface area contributed by atoms with Gasteiger partial charge in [-0.15, -0.1) is 11.3 Å². The lowest BCUT2D eigenvalue weighted by Crippen LogP contribution is -2.34. The van der Waals surface area contributed by atoms with Crippen LogP contribution in [0.1, 0.15) is 24.1 Å². The molecule has 0 unspecified atom stereocenters. The summed E-state index contributed by atoms with van der Waals surface area (Å²) in [6.07, 6.45) is 1.44. The van der Waals surface area contributed by atoms with Crippen LogP contribution in [0.15, 0.2) is 65.7 Å². The van der Waals surface area contributed by atoms with E-state index in [1.54, 1.807) is 6.07 Å². The van der Waals surface area contributed by atoms with Gasteiger partial charge in [0.2, 0.25) is 5.91 Å². The number of aromatic nitrogens is 2. The number of thiophene rings is 1. The molecule has 0 aliphatic rings. The first-order valence-electron chi connectivity index (χ1n) is 9.53. The number of hydrogen-bond acceptors (Lipinski definition) is 4. The average molecular weight is 438 g/mol. The van der Waals surface area contributed by atoms with Gasteiger partial charge in [0.1, 0.15) is 11.4 Å². The zero-order valence-corrected chi connectivity index (χ0v) is 18.1. The summed E-state index contributed by atoms with van der Waals surface area (Å²) in [5.74, 6) is -0.262. The molecule has 1 atom stereocenters. The molecule has 1 N–H and O–H groups in total. The molecule has 30 heavy (non-hydrogen) atoms. The predicted molar refractivity (Wildman–Crippen MR) is 122 cm³/mol. The van der Waals surface area contributed by atoms with E-state index < -0.39 is 0 Å². The third-order valence-electron chi connectivity index (χ3n) is 4.99. The minimum Gasteiger partial charge on any atom is -0.348 e. The van der Waals surface area contributed by atoms with E-state index in [9.17, 15) is 9.59 Å². The van der Waals surface area contributed by atoms with Gasteiger partial charge >= 0.3 is 0 Å². The molecule has 0 fully saturated rings. The molecule has 0 saturated heterocycles. The molecular formula is C23H20ClN3O2S. The van der Waals surface area contributed by atoms with E-state index >= 15 is 0 Å². The van der Waals surface area contributed by atoms with Crippen molar-refractivity contribution in [2.75, 3.05) is 0 Å². The van der Waals surface area contributed by atoms with Gasteiger partial charge in [0.15, 0.2) is 0 Å². The van der Waals surface area contributed by atoms with Gasteiger partial charge in [-0.25, -0.2) is 4.98 Å². The summed E-state index contributed by atoms with van der Waals surface area (Å²) in [7, 11) is 0. The summed E-state index contributed by atoms with van der Waals surface area (Å²) in [6.45, 7) is 3.71. The first-order chi connectivity index (χ1) is 14.4. The van der Waals surface area contributed by atoms with E-state index in [2.05, 4.69) is 10.3 Å². The Morgan fingerprint density at radius 3 is 2.70 bits per heavy atom. The van der Waals surface area contributed by atoms with E-state index in [4.69, 9.17) is 11.6 Å². The van der Waals surface area contributed by atoms with Gasteiger partial charge in [-0.05, 0) is 42.7 Å². The molecule has 0 aliphatic carbocycles. The van der Waals surface area contributed by atoms with Crippen molar-refractivity contribution in [2.24, 2.45) is 0 Å². The van der Waals surface area contributed by atoms with Crippen LogP contribution < -0.4 is 10.9 Å². The highest BCUT2D eigenvalue weighted by atomic mass is 35.5. The molecule has 1 amide bonds. The standard InChI is InChI=1S/C23H20ClN3O2S/c1-14-20-22(30-21(14)16-7-4-3-5-8-16)25-13-27(23(20)29)12-19(28)26-15(2)17-9-6-10-18(24)11-17/h3-11,13,15H,12H2,1-2H3,(H,26,28)/t15-/m1/s1. The van der Waals surface area contributed by atoms with Gasteiger partial charge in [0.05, 0.1) is 17.8 Å². The lowest BCUT2D eigenvalue weighted by Gasteiger charge is -2.15. The molecular weight excluding hydrogens is 418 g/mol. The Bertz CT molecular complexity index is 1280. The smallest absolute Gasteiger partial charge is 0.262 e. The van der Waals surface area contributed by atoms with Crippen LogP contribution >= 0.6 is 22.9 Å². The van der Waals surface area contributed by atoms with Crippen molar-refractivity contribution in [1.29, 1.82) is 0 Å². The molecule has 4 aromatic rings. The largest absolute Gasteiger partial charge is 0.348 e. The van der Waals surface area contributed by atoms with Gasteiger partial charge in [-0.1, -0.05) is 54.1 Å². The number of carbonyl (C=O) groups excluding carboxylic acids is 1. The second-order valence-corrected chi connectivity index (χ2v) is 8.56. The Labute approximate surface area is 183 Å². The maximum atomic E-state index is 13.1. The number of fused-ring (bicyclic) bond motifs is 1. The van der Waals surface area contributed by atoms with E-state index in [0.29, 0.717) is 15.2 Å². The maximum Gasteiger partial charge on any atom is 0.262 e. The first-order valence-corrected chi connectivity index (χ1v) is 10.7. The molecule has 0 aliphatic heterocycles. The fourth-order valence-corrected chi connectivity index (χ4v) is 4.78. The number of aryl methyl sites for hydroxylation is 1. The molecule has 0 saturated carbocycles. The number of rotatable bonds is 5. The lowest BCUT2D eigenvalue weighted by molar-refractivity contribution is -0.122. The number of hydrogen-bond donors (Lipinski definition) is 1. The normalized spacial score (nSPS) is 12.1. The van der Waals surface area contributed by atoms with Crippen LogP contribution in [0, 0.1) is 6.92 Å². The first kappa shape index (κ1) is 20.3. The Morgan fingerprint density at radius 2 is 1.97 bits per heavy atom. The number of amides is 1. The lowest BCUT2D eigenvalue weighted by atomic mass is 10.1. The highest BCUT2D eigenvalue weighted by molar-refractivity contribution is 7.22. The van der Waals surface area contributed by atoms with E-state index in [-0.39, 0.29) is 24.1 Å². The number of halogens is 1. The van der Waals surface area contributed by atoms with Crippen LogP contribution in [-0.4, -0.2) is 15.5 Å². The Morgan fingerprint density at radius 1 is 1.20 bits per heavy atom. The average Bonchev–Trinajstić information content (AvgIpc) is 3.08. The predicted octanol–water partition coefficient (Wildman–Crippen LogP) is 4.96. The zero-order valence-electron chi connectivity index (χ0n) is 16.6. The molecule has 0 spiro atoms. The number of carbonyl (C=O) groups is 1. The molecule has 7 heteroatoms. The molecule has 152 valence electrons. The fraction of sp³-hybridized carbons (Fsp3) is 0.174. The Balaban J connectivity index is 1.59. The topological polar surface area (TPSA) is 64.0 Å². The summed E-state index contributed by atoms with van der Waals surface area (Å²) in [5, 5.41) is 4.09. The maximum absolute atomic E-state index is 13.1. The van der Waals surface area contributed by atoms with Crippen LogP contribution in [0.5, 0.6) is 0 Å². The van der Waals surface area contributed by atoms with Crippen LogP contribution in [-0.2, 0) is 11.3 Å². The zero-order chi connectivity index (χ0) is 21.3.